The summed E-state index contributed by atoms with van der Waals surface area (Å²) in [6.07, 6.45) is 2.19. The molecule has 2 aliphatic rings. The lowest BCUT2D eigenvalue weighted by Crippen LogP contribution is -2.33. The Morgan fingerprint density at radius 1 is 1.36 bits per heavy atom. The first-order chi connectivity index (χ1) is 10.7. The zero-order valence-electron chi connectivity index (χ0n) is 12.7. The maximum atomic E-state index is 12.2. The van der Waals surface area contributed by atoms with Crippen LogP contribution in [0.2, 0.25) is 0 Å². The lowest BCUT2D eigenvalue weighted by molar-refractivity contribution is -0.177. The molecule has 116 valence electrons. The van der Waals surface area contributed by atoms with Crippen molar-refractivity contribution in [3.8, 4) is 0 Å². The van der Waals surface area contributed by atoms with Crippen molar-refractivity contribution in [2.45, 2.75) is 25.3 Å². The summed E-state index contributed by atoms with van der Waals surface area (Å²) < 4.78 is 2.20. The van der Waals surface area contributed by atoms with Gasteiger partial charge in [-0.2, -0.15) is 0 Å². The fourth-order valence-electron chi connectivity index (χ4n) is 4.02. The van der Waals surface area contributed by atoms with Crippen LogP contribution in [0.3, 0.4) is 0 Å². The minimum Gasteiger partial charge on any atom is -0.396 e. The van der Waals surface area contributed by atoms with Gasteiger partial charge in [0.1, 0.15) is 0 Å². The van der Waals surface area contributed by atoms with Crippen molar-refractivity contribution in [1.82, 2.24) is 9.63 Å². The van der Waals surface area contributed by atoms with E-state index in [1.165, 1.54) is 22.2 Å². The second-order valence-corrected chi connectivity index (χ2v) is 6.16. The monoisotopic (exact) mass is 300 g/mol. The Hall–Kier alpha value is -1.85. The van der Waals surface area contributed by atoms with Gasteiger partial charge in [0.2, 0.25) is 0 Å². The Morgan fingerprint density at radius 2 is 2.18 bits per heavy atom. The maximum Gasteiger partial charge on any atom is 0.330 e. The highest BCUT2D eigenvalue weighted by Gasteiger charge is 2.48. The molecule has 0 amide bonds. The van der Waals surface area contributed by atoms with Gasteiger partial charge in [-0.1, -0.05) is 18.2 Å². The van der Waals surface area contributed by atoms with Crippen LogP contribution < -0.4 is 0 Å². The number of aliphatic hydroxyl groups is 1. The Bertz CT molecular complexity index is 737. The first-order valence-electron chi connectivity index (χ1n) is 7.88. The Labute approximate surface area is 129 Å². The van der Waals surface area contributed by atoms with Crippen molar-refractivity contribution in [2.24, 2.45) is 13.0 Å². The van der Waals surface area contributed by atoms with Crippen molar-refractivity contribution in [1.29, 1.82) is 0 Å². The van der Waals surface area contributed by atoms with Gasteiger partial charge >= 0.3 is 5.97 Å². The molecule has 22 heavy (non-hydrogen) atoms. The minimum atomic E-state index is -0.186. The summed E-state index contributed by atoms with van der Waals surface area (Å²) in [6, 6.07) is 8.36. The molecule has 1 saturated heterocycles. The van der Waals surface area contributed by atoms with Gasteiger partial charge in [0.25, 0.3) is 0 Å². The minimum absolute atomic E-state index is 0.0276. The average molecular weight is 300 g/mol. The van der Waals surface area contributed by atoms with E-state index < -0.39 is 0 Å². The van der Waals surface area contributed by atoms with E-state index in [2.05, 4.69) is 29.8 Å². The summed E-state index contributed by atoms with van der Waals surface area (Å²) in [6.45, 7) is 0.853. The predicted octanol–water partition coefficient (Wildman–Crippen LogP) is 1.94. The number of hydroxylamine groups is 2. The number of aromatic nitrogens is 1. The van der Waals surface area contributed by atoms with Crippen LogP contribution in [0.1, 0.15) is 30.1 Å². The van der Waals surface area contributed by atoms with Gasteiger partial charge in [-0.15, -0.1) is 5.06 Å². The molecule has 0 bridgehead atoms. The highest BCUT2D eigenvalue weighted by molar-refractivity contribution is 5.87. The van der Waals surface area contributed by atoms with Crippen LogP contribution in [0, 0.1) is 5.92 Å². The molecule has 1 fully saturated rings. The zero-order valence-corrected chi connectivity index (χ0v) is 12.7. The fraction of sp³-hybridized carbons (Fsp3) is 0.471. The highest BCUT2D eigenvalue weighted by Crippen LogP contribution is 2.45. The normalized spacial score (nSPS) is 24.4. The van der Waals surface area contributed by atoms with Crippen molar-refractivity contribution in [3.05, 3.63) is 35.5 Å². The van der Waals surface area contributed by atoms with Gasteiger partial charge in [-0.25, -0.2) is 4.79 Å². The first-order valence-corrected chi connectivity index (χ1v) is 7.88. The molecule has 0 spiro atoms. The number of hydrogen-bond donors (Lipinski definition) is 1. The summed E-state index contributed by atoms with van der Waals surface area (Å²) in [4.78, 5) is 17.7. The number of benzene rings is 1. The molecule has 0 saturated carbocycles. The van der Waals surface area contributed by atoms with Crippen LogP contribution in [0.4, 0.5) is 0 Å². The van der Waals surface area contributed by atoms with E-state index in [1.807, 2.05) is 11.1 Å². The van der Waals surface area contributed by atoms with E-state index in [-0.39, 0.29) is 24.5 Å². The number of aliphatic hydroxyl groups excluding tert-OH is 1. The van der Waals surface area contributed by atoms with E-state index in [0.717, 1.165) is 13.0 Å². The number of nitrogens with zero attached hydrogens (tertiary/aromatic N) is 2. The van der Waals surface area contributed by atoms with Crippen LogP contribution in [0.25, 0.3) is 10.9 Å². The van der Waals surface area contributed by atoms with Crippen molar-refractivity contribution in [3.63, 3.8) is 0 Å². The molecule has 2 aliphatic heterocycles. The average Bonchev–Trinajstić information content (AvgIpc) is 3.00. The van der Waals surface area contributed by atoms with Crippen molar-refractivity contribution < 1.29 is 14.7 Å². The van der Waals surface area contributed by atoms with Crippen LogP contribution in [0.15, 0.2) is 24.3 Å². The van der Waals surface area contributed by atoms with Crippen LogP contribution in [-0.4, -0.2) is 33.9 Å². The number of carbonyl (C=O) groups is 1. The number of rotatable bonds is 3. The first kappa shape index (κ1) is 13.8. The zero-order chi connectivity index (χ0) is 15.3. The molecule has 5 nitrogen and oxygen atoms in total. The fourth-order valence-corrected chi connectivity index (χ4v) is 4.02. The Balaban J connectivity index is 1.85. The number of aryl methyl sites for hydroxylation is 1. The molecule has 5 heteroatoms. The third-order valence-electron chi connectivity index (χ3n) is 5.00. The highest BCUT2D eigenvalue weighted by atomic mass is 16.7. The lowest BCUT2D eigenvalue weighted by Gasteiger charge is -2.30. The SMILES string of the molecule is Cn1c2c(c3ccccc31)CCN1OC(=O)C(CCCO)C21. The Morgan fingerprint density at radius 3 is 3.00 bits per heavy atom. The van der Waals surface area contributed by atoms with Gasteiger partial charge in [-0.05, 0) is 30.9 Å². The van der Waals surface area contributed by atoms with E-state index in [0.29, 0.717) is 12.8 Å². The second kappa shape index (κ2) is 5.11. The van der Waals surface area contributed by atoms with Gasteiger partial charge < -0.3 is 14.5 Å². The van der Waals surface area contributed by atoms with Gasteiger partial charge in [0.05, 0.1) is 12.0 Å². The molecule has 1 aromatic carbocycles. The molecule has 1 N–H and O–H groups in total. The molecule has 0 aliphatic carbocycles. The number of para-hydroxylation sites is 1. The van der Waals surface area contributed by atoms with Crippen molar-refractivity contribution >= 4 is 16.9 Å². The largest absolute Gasteiger partial charge is 0.396 e. The molecule has 1 aromatic heterocycles. The topological polar surface area (TPSA) is 54.7 Å². The maximum absolute atomic E-state index is 12.2. The van der Waals surface area contributed by atoms with Crippen LogP contribution >= 0.6 is 0 Å². The summed E-state index contributed by atoms with van der Waals surface area (Å²) in [5, 5.41) is 12.2. The second-order valence-electron chi connectivity index (χ2n) is 6.16. The third-order valence-corrected chi connectivity index (χ3v) is 5.00. The van der Waals surface area contributed by atoms with Gasteiger partial charge in [-0.3, -0.25) is 0 Å². The van der Waals surface area contributed by atoms with E-state index >= 15 is 0 Å². The van der Waals surface area contributed by atoms with Crippen molar-refractivity contribution in [2.75, 3.05) is 13.2 Å². The lowest BCUT2D eigenvalue weighted by atomic mass is 9.88. The standard InChI is InChI=1S/C17H20N2O3/c1-18-14-7-3-2-5-11(14)12-8-9-19-16(15(12)18)13(6-4-10-20)17(21)22-19/h2-3,5,7,13,16,20H,4,6,8-10H2,1H3. The quantitative estimate of drug-likeness (QED) is 0.941. The Kier molecular flexibility index (Phi) is 3.20. The van der Waals surface area contributed by atoms with E-state index in [1.54, 1.807) is 0 Å². The van der Waals surface area contributed by atoms with Gasteiger partial charge in [0.15, 0.2) is 0 Å². The van der Waals surface area contributed by atoms with Crippen LogP contribution in [0.5, 0.6) is 0 Å². The predicted molar refractivity (Wildman–Crippen MR) is 82.0 cm³/mol. The smallest absolute Gasteiger partial charge is 0.330 e. The molecule has 4 rings (SSSR count). The summed E-state index contributed by atoms with van der Waals surface area (Å²) in [5.74, 6) is -0.342. The molecule has 2 unspecified atom stereocenters. The molecule has 2 atom stereocenters. The van der Waals surface area contributed by atoms with E-state index in [4.69, 9.17) is 9.94 Å². The molecule has 0 radical (unpaired) electrons. The number of fused-ring (bicyclic) bond motifs is 5. The third kappa shape index (κ3) is 1.82. The van der Waals surface area contributed by atoms with Crippen LogP contribution in [-0.2, 0) is 23.1 Å². The van der Waals surface area contributed by atoms with Gasteiger partial charge in [0, 0.05) is 36.8 Å². The molecule has 2 aromatic rings. The number of hydrogen-bond acceptors (Lipinski definition) is 4. The summed E-state index contributed by atoms with van der Waals surface area (Å²) >= 11 is 0. The summed E-state index contributed by atoms with van der Waals surface area (Å²) in [7, 11) is 2.07. The molecule has 3 heterocycles. The number of carbonyl (C=O) groups excluding carboxylic acids is 1. The summed E-state index contributed by atoms with van der Waals surface area (Å²) in [5.41, 5.74) is 3.74. The molecular weight excluding hydrogens is 280 g/mol. The molecular formula is C17H20N2O3. The van der Waals surface area contributed by atoms with E-state index in [9.17, 15) is 4.79 Å².